The number of hydrogen-bond donors (Lipinski definition) is 0. The molecule has 0 N–H and O–H groups in total. The summed E-state index contributed by atoms with van der Waals surface area (Å²) in [5.74, 6) is 2.89. The second kappa shape index (κ2) is 4.53. The maximum Gasteiger partial charge on any atom is 0.0972 e. The van der Waals surface area contributed by atoms with E-state index in [1.165, 1.54) is 25.7 Å². The number of nitrogens with zero attached hydrogens (tertiary/aromatic N) is 2. The van der Waals surface area contributed by atoms with E-state index in [0.29, 0.717) is 0 Å². The van der Waals surface area contributed by atoms with Gasteiger partial charge in [-0.2, -0.15) is 5.26 Å². The van der Waals surface area contributed by atoms with Crippen molar-refractivity contribution < 1.29 is 0 Å². The molecule has 0 saturated heterocycles. The van der Waals surface area contributed by atoms with E-state index >= 15 is 0 Å². The Morgan fingerprint density at radius 3 is 2.67 bits per heavy atom. The Bertz CT molecular complexity index is 256. The van der Waals surface area contributed by atoms with Crippen LogP contribution in [-0.4, -0.2) is 24.5 Å². The fourth-order valence-corrected chi connectivity index (χ4v) is 3.60. The van der Waals surface area contributed by atoms with Crippen molar-refractivity contribution >= 4 is 0 Å². The minimum atomic E-state index is 0.129. The third-order valence-corrected chi connectivity index (χ3v) is 4.47. The molecule has 2 nitrogen and oxygen atoms in total. The average Bonchev–Trinajstić information content (AvgIpc) is 2.81. The lowest BCUT2D eigenvalue weighted by atomic mass is 9.88. The van der Waals surface area contributed by atoms with E-state index in [0.717, 1.165) is 30.7 Å². The SMILES string of the molecule is CCC(C#N)N(C)CC1CC2CCC1C2. The van der Waals surface area contributed by atoms with Crippen LogP contribution in [0.15, 0.2) is 0 Å². The smallest absolute Gasteiger partial charge is 0.0972 e. The van der Waals surface area contributed by atoms with E-state index in [2.05, 4.69) is 24.9 Å². The summed E-state index contributed by atoms with van der Waals surface area (Å²) in [6.45, 7) is 3.25. The zero-order valence-corrected chi connectivity index (χ0v) is 9.95. The van der Waals surface area contributed by atoms with E-state index in [4.69, 9.17) is 5.26 Å². The van der Waals surface area contributed by atoms with Crippen molar-refractivity contribution in [2.75, 3.05) is 13.6 Å². The molecule has 0 aliphatic heterocycles. The van der Waals surface area contributed by atoms with Gasteiger partial charge in [0.2, 0.25) is 0 Å². The fourth-order valence-electron chi connectivity index (χ4n) is 3.60. The van der Waals surface area contributed by atoms with Crippen molar-refractivity contribution in [3.05, 3.63) is 0 Å². The highest BCUT2D eigenvalue weighted by Gasteiger charge is 2.39. The van der Waals surface area contributed by atoms with Crippen LogP contribution in [0.2, 0.25) is 0 Å². The Morgan fingerprint density at radius 2 is 2.20 bits per heavy atom. The highest BCUT2D eigenvalue weighted by Crippen LogP contribution is 2.48. The lowest BCUT2D eigenvalue weighted by Crippen LogP contribution is -2.35. The maximum absolute atomic E-state index is 9.01. The third kappa shape index (κ3) is 2.18. The zero-order valence-electron chi connectivity index (χ0n) is 9.95. The van der Waals surface area contributed by atoms with Crippen molar-refractivity contribution in [1.82, 2.24) is 4.90 Å². The molecular weight excluding hydrogens is 184 g/mol. The fraction of sp³-hybridized carbons (Fsp3) is 0.923. The lowest BCUT2D eigenvalue weighted by molar-refractivity contribution is 0.194. The van der Waals surface area contributed by atoms with Crippen molar-refractivity contribution in [3.63, 3.8) is 0 Å². The molecule has 0 aromatic heterocycles. The molecule has 0 radical (unpaired) electrons. The minimum absolute atomic E-state index is 0.129. The number of hydrogen-bond acceptors (Lipinski definition) is 2. The maximum atomic E-state index is 9.01. The van der Waals surface area contributed by atoms with Crippen LogP contribution in [-0.2, 0) is 0 Å². The van der Waals surface area contributed by atoms with Crippen molar-refractivity contribution in [1.29, 1.82) is 5.26 Å². The first kappa shape index (κ1) is 11.0. The van der Waals surface area contributed by atoms with Crippen LogP contribution in [0.3, 0.4) is 0 Å². The first-order chi connectivity index (χ1) is 7.24. The average molecular weight is 206 g/mol. The quantitative estimate of drug-likeness (QED) is 0.707. The number of nitriles is 1. The Kier molecular flexibility index (Phi) is 3.31. The third-order valence-electron chi connectivity index (χ3n) is 4.47. The van der Waals surface area contributed by atoms with Crippen molar-refractivity contribution in [3.8, 4) is 6.07 Å². The molecule has 2 fully saturated rings. The largest absolute Gasteiger partial charge is 0.291 e. The molecule has 0 aromatic rings. The van der Waals surface area contributed by atoms with Gasteiger partial charge in [0.05, 0.1) is 12.1 Å². The lowest BCUT2D eigenvalue weighted by Gasteiger charge is -2.29. The summed E-state index contributed by atoms with van der Waals surface area (Å²) in [7, 11) is 2.11. The van der Waals surface area contributed by atoms with Crippen LogP contribution in [0.1, 0.15) is 39.0 Å². The topological polar surface area (TPSA) is 27.0 Å². The van der Waals surface area contributed by atoms with E-state index < -0.39 is 0 Å². The van der Waals surface area contributed by atoms with Crippen LogP contribution in [0.4, 0.5) is 0 Å². The monoisotopic (exact) mass is 206 g/mol. The van der Waals surface area contributed by atoms with Crippen molar-refractivity contribution in [2.24, 2.45) is 17.8 Å². The Morgan fingerprint density at radius 1 is 1.40 bits per heavy atom. The molecular formula is C13H22N2. The van der Waals surface area contributed by atoms with Crippen LogP contribution < -0.4 is 0 Å². The molecule has 2 rings (SSSR count). The molecule has 4 unspecified atom stereocenters. The predicted molar refractivity (Wildman–Crippen MR) is 61.3 cm³/mol. The molecule has 2 saturated carbocycles. The number of rotatable bonds is 4. The second-order valence-corrected chi connectivity index (χ2v) is 5.43. The minimum Gasteiger partial charge on any atom is -0.291 e. The van der Waals surface area contributed by atoms with Gasteiger partial charge in [0.25, 0.3) is 0 Å². The van der Waals surface area contributed by atoms with Crippen LogP contribution >= 0.6 is 0 Å². The van der Waals surface area contributed by atoms with Gasteiger partial charge in [-0.1, -0.05) is 13.3 Å². The van der Waals surface area contributed by atoms with E-state index in [-0.39, 0.29) is 6.04 Å². The van der Waals surface area contributed by atoms with Gasteiger partial charge in [0.15, 0.2) is 0 Å². The predicted octanol–water partition coefficient (Wildman–Crippen LogP) is 2.66. The van der Waals surface area contributed by atoms with Gasteiger partial charge in [-0.15, -0.1) is 0 Å². The normalized spacial score (nSPS) is 35.7. The van der Waals surface area contributed by atoms with Gasteiger partial charge in [0.1, 0.15) is 0 Å². The van der Waals surface area contributed by atoms with E-state index in [9.17, 15) is 0 Å². The Balaban J connectivity index is 1.84. The summed E-state index contributed by atoms with van der Waals surface area (Å²) in [5.41, 5.74) is 0. The molecule has 0 heterocycles. The molecule has 2 aliphatic rings. The molecule has 2 heteroatoms. The standard InChI is InChI=1S/C13H22N2/c1-3-13(8-14)15(2)9-12-7-10-4-5-11(12)6-10/h10-13H,3-7,9H2,1-2H3. The van der Waals surface area contributed by atoms with Gasteiger partial charge in [-0.25, -0.2) is 0 Å². The summed E-state index contributed by atoms with van der Waals surface area (Å²) in [5, 5.41) is 9.01. The Labute approximate surface area is 93.3 Å². The summed E-state index contributed by atoms with van der Waals surface area (Å²) in [6.07, 6.45) is 6.78. The van der Waals surface area contributed by atoms with E-state index in [1.807, 2.05) is 0 Å². The molecule has 0 spiro atoms. The van der Waals surface area contributed by atoms with E-state index in [1.54, 1.807) is 0 Å². The second-order valence-electron chi connectivity index (χ2n) is 5.43. The summed E-state index contributed by atoms with van der Waals surface area (Å²) in [4.78, 5) is 2.27. The molecule has 0 aromatic carbocycles. The molecule has 15 heavy (non-hydrogen) atoms. The highest BCUT2D eigenvalue weighted by molar-refractivity contribution is 4.94. The number of fused-ring (bicyclic) bond motifs is 2. The van der Waals surface area contributed by atoms with Crippen LogP contribution in [0.5, 0.6) is 0 Å². The van der Waals surface area contributed by atoms with Gasteiger partial charge in [-0.05, 0) is 50.5 Å². The summed E-state index contributed by atoms with van der Waals surface area (Å²) < 4.78 is 0. The highest BCUT2D eigenvalue weighted by atomic mass is 15.1. The van der Waals surface area contributed by atoms with Gasteiger partial charge in [0, 0.05) is 6.54 Å². The van der Waals surface area contributed by atoms with Crippen LogP contribution in [0.25, 0.3) is 0 Å². The van der Waals surface area contributed by atoms with Gasteiger partial charge in [-0.3, -0.25) is 4.90 Å². The van der Waals surface area contributed by atoms with Crippen LogP contribution in [0, 0.1) is 29.1 Å². The Hall–Kier alpha value is -0.550. The van der Waals surface area contributed by atoms with Gasteiger partial charge < -0.3 is 0 Å². The summed E-state index contributed by atoms with van der Waals surface area (Å²) >= 11 is 0. The summed E-state index contributed by atoms with van der Waals surface area (Å²) in [6, 6.07) is 2.52. The van der Waals surface area contributed by atoms with Crippen molar-refractivity contribution in [2.45, 2.75) is 45.1 Å². The molecule has 4 atom stereocenters. The first-order valence-electron chi connectivity index (χ1n) is 6.34. The molecule has 2 aliphatic carbocycles. The molecule has 84 valence electrons. The molecule has 0 amide bonds. The first-order valence-corrected chi connectivity index (χ1v) is 6.34. The zero-order chi connectivity index (χ0) is 10.8. The molecule has 2 bridgehead atoms. The van der Waals surface area contributed by atoms with Gasteiger partial charge >= 0.3 is 0 Å².